The highest BCUT2D eigenvalue weighted by Gasteiger charge is 2.20. The van der Waals surface area contributed by atoms with Crippen LogP contribution in [0.4, 0.5) is 0 Å². The second-order valence-electron chi connectivity index (χ2n) is 3.65. The minimum absolute atomic E-state index is 0.143. The van der Waals surface area contributed by atoms with Gasteiger partial charge >= 0.3 is 0 Å². The van der Waals surface area contributed by atoms with Gasteiger partial charge in [-0.25, -0.2) is 0 Å². The highest BCUT2D eigenvalue weighted by atomic mass is 16.5. The molecule has 0 aromatic carbocycles. The molecule has 0 saturated carbocycles. The molecule has 0 aromatic rings. The number of carbonyl (C=O) groups is 1. The number of amides is 1. The third-order valence-corrected chi connectivity index (χ3v) is 1.85. The fraction of sp³-hybridized carbons (Fsp3) is 0.889. The Balaban J connectivity index is 4.02. The maximum atomic E-state index is 11.0. The lowest BCUT2D eigenvalue weighted by Gasteiger charge is -2.23. The molecule has 4 nitrogen and oxygen atoms in total. The van der Waals surface area contributed by atoms with Gasteiger partial charge in [0.05, 0.1) is 12.6 Å². The number of ether oxygens (including phenoxy) is 1. The maximum Gasteiger partial charge on any atom is 0.234 e. The van der Waals surface area contributed by atoms with Gasteiger partial charge in [0.15, 0.2) is 0 Å². The van der Waals surface area contributed by atoms with Crippen LogP contribution in [0.2, 0.25) is 0 Å². The lowest BCUT2D eigenvalue weighted by atomic mass is 10.0. The lowest BCUT2D eigenvalue weighted by Crippen LogP contribution is -2.49. The van der Waals surface area contributed by atoms with Crippen LogP contribution in [-0.2, 0) is 9.53 Å². The molecule has 0 aliphatic rings. The molecule has 0 spiro atoms. The Morgan fingerprint density at radius 1 is 1.46 bits per heavy atom. The number of nitrogens with two attached hydrogens (primary N) is 1. The summed E-state index contributed by atoms with van der Waals surface area (Å²) in [5.41, 5.74) is 5.24. The molecule has 2 atom stereocenters. The largest absolute Gasteiger partial charge is 0.383 e. The first-order valence-electron chi connectivity index (χ1n) is 4.53. The van der Waals surface area contributed by atoms with Crippen molar-refractivity contribution in [2.24, 2.45) is 11.7 Å². The lowest BCUT2D eigenvalue weighted by molar-refractivity contribution is -0.121. The van der Waals surface area contributed by atoms with E-state index in [1.165, 1.54) is 0 Å². The molecule has 4 heteroatoms. The maximum absolute atomic E-state index is 11.0. The molecule has 0 radical (unpaired) electrons. The van der Waals surface area contributed by atoms with Crippen molar-refractivity contribution in [3.8, 4) is 0 Å². The molecule has 13 heavy (non-hydrogen) atoms. The molecule has 0 aliphatic carbocycles. The zero-order chi connectivity index (χ0) is 10.4. The average Bonchev–Trinajstić information content (AvgIpc) is 1.99. The molecule has 3 N–H and O–H groups in total. The van der Waals surface area contributed by atoms with Crippen LogP contribution in [-0.4, -0.2) is 31.7 Å². The fourth-order valence-electron chi connectivity index (χ4n) is 1.21. The van der Waals surface area contributed by atoms with Gasteiger partial charge in [-0.3, -0.25) is 4.79 Å². The summed E-state index contributed by atoms with van der Waals surface area (Å²) in [6, 6.07) is -0.130. The summed E-state index contributed by atoms with van der Waals surface area (Å²) in [7, 11) is 1.63. The molecular weight excluding hydrogens is 168 g/mol. The standard InChI is InChI=1S/C9H20N2O2/c1-6(2)8(9(10)12)11-7(3)5-13-4/h6-8,11H,5H2,1-4H3,(H2,10,12). The second kappa shape index (κ2) is 5.94. The highest BCUT2D eigenvalue weighted by Crippen LogP contribution is 2.02. The summed E-state index contributed by atoms with van der Waals surface area (Å²) in [4.78, 5) is 11.0. The van der Waals surface area contributed by atoms with Crippen molar-refractivity contribution in [1.29, 1.82) is 0 Å². The first kappa shape index (κ1) is 12.4. The van der Waals surface area contributed by atoms with Crippen molar-refractivity contribution in [1.82, 2.24) is 5.32 Å². The van der Waals surface area contributed by atoms with E-state index in [-0.39, 0.29) is 23.9 Å². The van der Waals surface area contributed by atoms with Gasteiger partial charge in [0, 0.05) is 13.2 Å². The molecule has 1 amide bonds. The molecular formula is C9H20N2O2. The van der Waals surface area contributed by atoms with Crippen LogP contribution in [0.1, 0.15) is 20.8 Å². The van der Waals surface area contributed by atoms with E-state index in [0.29, 0.717) is 6.61 Å². The summed E-state index contributed by atoms with van der Waals surface area (Å²) in [5, 5.41) is 3.12. The number of hydrogen-bond donors (Lipinski definition) is 2. The Labute approximate surface area is 79.8 Å². The van der Waals surface area contributed by atoms with Crippen LogP contribution >= 0.6 is 0 Å². The van der Waals surface area contributed by atoms with E-state index in [1.54, 1.807) is 7.11 Å². The van der Waals surface area contributed by atoms with Crippen molar-refractivity contribution >= 4 is 5.91 Å². The van der Waals surface area contributed by atoms with Gasteiger partial charge in [-0.1, -0.05) is 13.8 Å². The van der Waals surface area contributed by atoms with Crippen LogP contribution < -0.4 is 11.1 Å². The van der Waals surface area contributed by atoms with Gasteiger partial charge < -0.3 is 15.8 Å². The van der Waals surface area contributed by atoms with Crippen molar-refractivity contribution < 1.29 is 9.53 Å². The van der Waals surface area contributed by atoms with Crippen LogP contribution in [0.25, 0.3) is 0 Å². The van der Waals surface area contributed by atoms with E-state index in [4.69, 9.17) is 10.5 Å². The summed E-state index contributed by atoms with van der Waals surface area (Å²) in [6.45, 7) is 6.46. The predicted molar refractivity (Wildman–Crippen MR) is 52.3 cm³/mol. The van der Waals surface area contributed by atoms with E-state index in [9.17, 15) is 4.79 Å². The van der Waals surface area contributed by atoms with E-state index < -0.39 is 0 Å². The van der Waals surface area contributed by atoms with E-state index >= 15 is 0 Å². The second-order valence-corrected chi connectivity index (χ2v) is 3.65. The van der Waals surface area contributed by atoms with Crippen molar-refractivity contribution in [2.75, 3.05) is 13.7 Å². The average molecular weight is 188 g/mol. The Morgan fingerprint density at radius 3 is 2.31 bits per heavy atom. The quantitative estimate of drug-likeness (QED) is 0.622. The molecule has 0 aliphatic heterocycles. The van der Waals surface area contributed by atoms with Gasteiger partial charge in [0.1, 0.15) is 0 Å². The molecule has 0 heterocycles. The molecule has 0 saturated heterocycles. The SMILES string of the molecule is COCC(C)NC(C(N)=O)C(C)C. The molecule has 0 bridgehead atoms. The van der Waals surface area contributed by atoms with Gasteiger partial charge in [0.25, 0.3) is 0 Å². The predicted octanol–water partition coefficient (Wildman–Crippen LogP) is 0.121. The minimum Gasteiger partial charge on any atom is -0.383 e. The molecule has 78 valence electrons. The number of primary amides is 1. The van der Waals surface area contributed by atoms with E-state index in [0.717, 1.165) is 0 Å². The number of nitrogens with one attached hydrogen (secondary N) is 1. The third-order valence-electron chi connectivity index (χ3n) is 1.85. The first-order chi connectivity index (χ1) is 5.99. The summed E-state index contributed by atoms with van der Waals surface area (Å²) in [5.74, 6) is -0.102. The van der Waals surface area contributed by atoms with Gasteiger partial charge in [-0.15, -0.1) is 0 Å². The van der Waals surface area contributed by atoms with Crippen LogP contribution in [0.3, 0.4) is 0 Å². The van der Waals surface area contributed by atoms with E-state index in [2.05, 4.69) is 5.32 Å². The Kier molecular flexibility index (Phi) is 5.66. The zero-order valence-corrected chi connectivity index (χ0v) is 8.83. The van der Waals surface area contributed by atoms with Crippen molar-refractivity contribution in [2.45, 2.75) is 32.9 Å². The molecule has 0 fully saturated rings. The summed E-state index contributed by atoms with van der Waals surface area (Å²) in [6.07, 6.45) is 0. The van der Waals surface area contributed by atoms with Crippen LogP contribution in [0.5, 0.6) is 0 Å². The highest BCUT2D eigenvalue weighted by molar-refractivity contribution is 5.80. The molecule has 0 aromatic heterocycles. The van der Waals surface area contributed by atoms with E-state index in [1.807, 2.05) is 20.8 Å². The molecule has 2 unspecified atom stereocenters. The van der Waals surface area contributed by atoms with Gasteiger partial charge in [0.2, 0.25) is 5.91 Å². The van der Waals surface area contributed by atoms with Crippen LogP contribution in [0, 0.1) is 5.92 Å². The van der Waals surface area contributed by atoms with Crippen LogP contribution in [0.15, 0.2) is 0 Å². The Hall–Kier alpha value is -0.610. The first-order valence-corrected chi connectivity index (χ1v) is 4.53. The normalized spacial score (nSPS) is 15.8. The molecule has 0 rings (SSSR count). The van der Waals surface area contributed by atoms with Crippen molar-refractivity contribution in [3.63, 3.8) is 0 Å². The smallest absolute Gasteiger partial charge is 0.234 e. The number of carbonyl (C=O) groups excluding carboxylic acids is 1. The summed E-state index contributed by atoms with van der Waals surface area (Å²) >= 11 is 0. The Morgan fingerprint density at radius 2 is 2.00 bits per heavy atom. The third kappa shape index (κ3) is 4.85. The van der Waals surface area contributed by atoms with Crippen molar-refractivity contribution in [3.05, 3.63) is 0 Å². The number of hydrogen-bond acceptors (Lipinski definition) is 3. The monoisotopic (exact) mass is 188 g/mol. The topological polar surface area (TPSA) is 64.3 Å². The summed E-state index contributed by atoms with van der Waals surface area (Å²) < 4.78 is 4.95. The zero-order valence-electron chi connectivity index (χ0n) is 8.83. The number of rotatable bonds is 6. The van der Waals surface area contributed by atoms with Gasteiger partial charge in [-0.05, 0) is 12.8 Å². The Bertz CT molecular complexity index is 160. The van der Waals surface area contributed by atoms with Gasteiger partial charge in [-0.2, -0.15) is 0 Å². The number of methoxy groups -OCH3 is 1. The fourth-order valence-corrected chi connectivity index (χ4v) is 1.21. The minimum atomic E-state index is -0.307.